The molecule has 4 rings (SSSR count). The number of amides is 1. The molecular formula is C23H27ClN4O2. The van der Waals surface area contributed by atoms with E-state index in [1.54, 1.807) is 18.0 Å². The minimum absolute atomic E-state index is 0. The van der Waals surface area contributed by atoms with Gasteiger partial charge in [-0.1, -0.05) is 30.3 Å². The van der Waals surface area contributed by atoms with Crippen LogP contribution in [0.2, 0.25) is 0 Å². The fraction of sp³-hybridized carbons (Fsp3) is 0.304. The van der Waals surface area contributed by atoms with Gasteiger partial charge in [0.2, 0.25) is 0 Å². The number of carbonyl (C=O) groups excluding carboxylic acids is 1. The summed E-state index contributed by atoms with van der Waals surface area (Å²) in [4.78, 5) is 13.2. The van der Waals surface area contributed by atoms with Crippen molar-refractivity contribution in [1.29, 1.82) is 0 Å². The van der Waals surface area contributed by atoms with Crippen molar-refractivity contribution in [1.82, 2.24) is 20.4 Å². The molecule has 6 nitrogen and oxygen atoms in total. The number of aromatic nitrogens is 2. The number of halogens is 1. The SMILES string of the molecule is COc1cccc(-c2nn(-c3ccccc3)cc2C(=O)NC2CCCNC2C)c1.Cl. The molecule has 7 heteroatoms. The third kappa shape index (κ3) is 4.66. The predicted octanol–water partition coefficient (Wildman–Crippen LogP) is 3.84. The van der Waals surface area contributed by atoms with Crippen LogP contribution in [0.1, 0.15) is 30.1 Å². The summed E-state index contributed by atoms with van der Waals surface area (Å²) < 4.78 is 7.12. The molecule has 3 aromatic rings. The Labute approximate surface area is 183 Å². The van der Waals surface area contributed by atoms with Crippen LogP contribution in [0, 0.1) is 0 Å². The molecule has 2 atom stereocenters. The predicted molar refractivity (Wildman–Crippen MR) is 121 cm³/mol. The van der Waals surface area contributed by atoms with E-state index in [4.69, 9.17) is 9.84 Å². The second-order valence-corrected chi connectivity index (χ2v) is 7.37. The summed E-state index contributed by atoms with van der Waals surface area (Å²) in [7, 11) is 1.63. The lowest BCUT2D eigenvalue weighted by atomic mass is 9.99. The zero-order chi connectivity index (χ0) is 20.2. The molecule has 0 radical (unpaired) electrons. The van der Waals surface area contributed by atoms with Crippen molar-refractivity contribution in [3.8, 4) is 22.7 Å². The van der Waals surface area contributed by atoms with Gasteiger partial charge < -0.3 is 15.4 Å². The molecule has 1 aliphatic heterocycles. The summed E-state index contributed by atoms with van der Waals surface area (Å²) in [5.74, 6) is 0.624. The van der Waals surface area contributed by atoms with Crippen LogP contribution in [0.15, 0.2) is 60.8 Å². The molecule has 0 aliphatic carbocycles. The van der Waals surface area contributed by atoms with E-state index < -0.39 is 0 Å². The average molecular weight is 427 g/mol. The summed E-state index contributed by atoms with van der Waals surface area (Å²) >= 11 is 0. The topological polar surface area (TPSA) is 68.2 Å². The van der Waals surface area contributed by atoms with Gasteiger partial charge in [0.15, 0.2) is 0 Å². The van der Waals surface area contributed by atoms with Gasteiger partial charge in [0.05, 0.1) is 18.4 Å². The lowest BCUT2D eigenvalue weighted by Gasteiger charge is -2.30. The lowest BCUT2D eigenvalue weighted by molar-refractivity contribution is 0.0920. The summed E-state index contributed by atoms with van der Waals surface area (Å²) in [5, 5.41) is 11.4. The normalized spacial score (nSPS) is 18.3. The first-order chi connectivity index (χ1) is 14.2. The zero-order valence-corrected chi connectivity index (χ0v) is 18.0. The van der Waals surface area contributed by atoms with Gasteiger partial charge >= 0.3 is 0 Å². The number of para-hydroxylation sites is 1. The molecular weight excluding hydrogens is 400 g/mol. The number of benzene rings is 2. The van der Waals surface area contributed by atoms with Gasteiger partial charge in [0, 0.05) is 23.8 Å². The Morgan fingerprint density at radius 2 is 2.00 bits per heavy atom. The minimum atomic E-state index is -0.106. The molecule has 1 fully saturated rings. The average Bonchev–Trinajstić information content (AvgIpc) is 3.22. The van der Waals surface area contributed by atoms with E-state index in [2.05, 4.69) is 17.6 Å². The molecule has 1 aliphatic rings. The van der Waals surface area contributed by atoms with Crippen LogP contribution in [0.5, 0.6) is 5.75 Å². The van der Waals surface area contributed by atoms with E-state index >= 15 is 0 Å². The van der Waals surface area contributed by atoms with Crippen molar-refractivity contribution in [3.63, 3.8) is 0 Å². The number of ether oxygens (including phenoxy) is 1. The van der Waals surface area contributed by atoms with E-state index in [1.807, 2.05) is 54.6 Å². The minimum Gasteiger partial charge on any atom is -0.497 e. The van der Waals surface area contributed by atoms with Crippen LogP contribution in [0.4, 0.5) is 0 Å². The van der Waals surface area contributed by atoms with Crippen LogP contribution in [-0.4, -0.2) is 41.4 Å². The Morgan fingerprint density at radius 1 is 1.20 bits per heavy atom. The van der Waals surface area contributed by atoms with Crippen molar-refractivity contribution in [2.24, 2.45) is 0 Å². The largest absolute Gasteiger partial charge is 0.497 e. The third-order valence-corrected chi connectivity index (χ3v) is 5.40. The maximum absolute atomic E-state index is 13.2. The maximum Gasteiger partial charge on any atom is 0.255 e. The number of methoxy groups -OCH3 is 1. The smallest absolute Gasteiger partial charge is 0.255 e. The molecule has 1 amide bonds. The molecule has 158 valence electrons. The third-order valence-electron chi connectivity index (χ3n) is 5.40. The number of carbonyl (C=O) groups is 1. The fourth-order valence-corrected chi connectivity index (χ4v) is 3.72. The number of hydrogen-bond acceptors (Lipinski definition) is 4. The highest BCUT2D eigenvalue weighted by Crippen LogP contribution is 2.27. The highest BCUT2D eigenvalue weighted by molar-refractivity contribution is 6.00. The van der Waals surface area contributed by atoms with Crippen molar-refractivity contribution in [2.75, 3.05) is 13.7 Å². The first-order valence-electron chi connectivity index (χ1n) is 9.99. The van der Waals surface area contributed by atoms with Gasteiger partial charge in [-0.3, -0.25) is 4.79 Å². The summed E-state index contributed by atoms with van der Waals surface area (Å²) in [6.07, 6.45) is 3.84. The summed E-state index contributed by atoms with van der Waals surface area (Å²) in [6.45, 7) is 3.11. The van der Waals surface area contributed by atoms with Gasteiger partial charge in [0.25, 0.3) is 5.91 Å². The summed E-state index contributed by atoms with van der Waals surface area (Å²) in [6, 6.07) is 17.8. The Hall–Kier alpha value is -2.83. The fourth-order valence-electron chi connectivity index (χ4n) is 3.72. The van der Waals surface area contributed by atoms with Crippen LogP contribution in [-0.2, 0) is 0 Å². The van der Waals surface area contributed by atoms with Crippen LogP contribution >= 0.6 is 12.4 Å². The molecule has 0 bridgehead atoms. The van der Waals surface area contributed by atoms with Gasteiger partial charge in [-0.05, 0) is 50.6 Å². The number of rotatable bonds is 5. The highest BCUT2D eigenvalue weighted by Gasteiger charge is 2.26. The van der Waals surface area contributed by atoms with Crippen molar-refractivity contribution >= 4 is 18.3 Å². The Morgan fingerprint density at radius 3 is 2.73 bits per heavy atom. The maximum atomic E-state index is 13.2. The van der Waals surface area contributed by atoms with Crippen LogP contribution in [0.25, 0.3) is 16.9 Å². The molecule has 2 aromatic carbocycles. The first-order valence-corrected chi connectivity index (χ1v) is 9.99. The molecule has 2 N–H and O–H groups in total. The molecule has 30 heavy (non-hydrogen) atoms. The highest BCUT2D eigenvalue weighted by atomic mass is 35.5. The molecule has 2 heterocycles. The monoisotopic (exact) mass is 426 g/mol. The van der Waals surface area contributed by atoms with Gasteiger partial charge in [0.1, 0.15) is 11.4 Å². The number of nitrogens with zero attached hydrogens (tertiary/aromatic N) is 2. The standard InChI is InChI=1S/C23H26N4O2.ClH/c1-16-21(12-7-13-24-16)25-23(28)20-15-27(18-9-4-3-5-10-18)26-22(20)17-8-6-11-19(14-17)29-2;/h3-6,8-11,14-16,21,24H,7,12-13H2,1-2H3,(H,25,28);1H. The van der Waals surface area contributed by atoms with E-state index in [0.29, 0.717) is 11.3 Å². The first kappa shape index (κ1) is 21.9. The van der Waals surface area contributed by atoms with E-state index in [9.17, 15) is 4.79 Å². The lowest BCUT2D eigenvalue weighted by Crippen LogP contribution is -2.51. The molecule has 2 unspecified atom stereocenters. The van der Waals surface area contributed by atoms with E-state index in [0.717, 1.165) is 36.4 Å². The molecule has 0 spiro atoms. The van der Waals surface area contributed by atoms with E-state index in [1.165, 1.54) is 0 Å². The van der Waals surface area contributed by atoms with Crippen molar-refractivity contribution < 1.29 is 9.53 Å². The van der Waals surface area contributed by atoms with Crippen LogP contribution in [0.3, 0.4) is 0 Å². The van der Waals surface area contributed by atoms with Gasteiger partial charge in [-0.25, -0.2) is 4.68 Å². The molecule has 1 saturated heterocycles. The van der Waals surface area contributed by atoms with Crippen molar-refractivity contribution in [3.05, 3.63) is 66.4 Å². The zero-order valence-electron chi connectivity index (χ0n) is 17.2. The number of nitrogens with one attached hydrogen (secondary N) is 2. The van der Waals surface area contributed by atoms with Gasteiger partial charge in [-0.15, -0.1) is 12.4 Å². The van der Waals surface area contributed by atoms with E-state index in [-0.39, 0.29) is 30.4 Å². The second kappa shape index (κ2) is 9.78. The quantitative estimate of drug-likeness (QED) is 0.650. The molecule has 1 aromatic heterocycles. The Balaban J connectivity index is 0.00000256. The Kier molecular flexibility index (Phi) is 7.13. The second-order valence-electron chi connectivity index (χ2n) is 7.37. The summed E-state index contributed by atoms with van der Waals surface area (Å²) in [5.41, 5.74) is 2.95. The molecule has 0 saturated carbocycles. The number of hydrogen-bond donors (Lipinski definition) is 2. The van der Waals surface area contributed by atoms with Gasteiger partial charge in [-0.2, -0.15) is 5.10 Å². The van der Waals surface area contributed by atoms with Crippen molar-refractivity contribution in [2.45, 2.75) is 31.8 Å². The van der Waals surface area contributed by atoms with Crippen LogP contribution < -0.4 is 15.4 Å². The Bertz CT molecular complexity index is 990. The number of piperidine rings is 1.